The molecule has 2 aliphatic rings. The highest BCUT2D eigenvalue weighted by atomic mass is 32.1. The molecule has 4 N–H and O–H groups in total. The van der Waals surface area contributed by atoms with E-state index in [1.165, 1.54) is 23.3 Å². The van der Waals surface area contributed by atoms with Crippen molar-refractivity contribution in [2.75, 3.05) is 12.8 Å². The highest BCUT2D eigenvalue weighted by molar-refractivity contribution is 7.10. The van der Waals surface area contributed by atoms with Gasteiger partial charge in [0.1, 0.15) is 18.8 Å². The molecule has 2 aromatic rings. The Kier molecular flexibility index (Phi) is 6.20. The van der Waals surface area contributed by atoms with Gasteiger partial charge < -0.3 is 21.0 Å². The maximum Gasteiger partial charge on any atom is 0.352 e. The summed E-state index contributed by atoms with van der Waals surface area (Å²) in [6.07, 6.45) is 4.32. The molecule has 14 heteroatoms. The number of aliphatic carboxylic acids is 1. The first-order valence-electron chi connectivity index (χ1n) is 9.71. The Labute approximate surface area is 195 Å². The summed E-state index contributed by atoms with van der Waals surface area (Å²) in [7, 11) is 1.26. The zero-order valence-electron chi connectivity index (χ0n) is 17.5. The van der Waals surface area contributed by atoms with Crippen molar-refractivity contribution < 1.29 is 24.3 Å². The maximum atomic E-state index is 12.9. The average Bonchev–Trinajstić information content (AvgIpc) is 3.40. The average molecular weight is 490 g/mol. The molecule has 0 radical (unpaired) electrons. The van der Waals surface area contributed by atoms with E-state index in [0.29, 0.717) is 18.4 Å². The van der Waals surface area contributed by atoms with Crippen molar-refractivity contribution >= 4 is 57.6 Å². The molecule has 4 rings (SSSR count). The van der Waals surface area contributed by atoms with Crippen LogP contribution in [0, 0.1) is 6.92 Å². The fraction of sp³-hybridized carbons (Fsp3) is 0.316. The Morgan fingerprint density at radius 3 is 2.82 bits per heavy atom. The molecule has 0 aromatic carbocycles. The number of hydrogen-bond donors (Lipinski definition) is 3. The number of carbonyl (C=O) groups excluding carboxylic acids is 2. The standard InChI is InChI=1S/C19H19N7O5S2/c1-8-10(21-7-32-8)5-3-9-4-6-11-12(17(28)26(11)14(9)18(29)30)22-16(27)13(24-31-2)15-23-19(20)33-25-15/h3,5,7,11-12H,4,6H2,1-2H3,(H,22,27)(H,29,30)(H2,20,23,25)/b5-3-,24-13+/t11-,12+/m1/s1. The number of rotatable bonds is 7. The van der Waals surface area contributed by atoms with Crippen LogP contribution in [0.15, 0.2) is 28.0 Å². The number of nitrogens with zero attached hydrogens (tertiary/aromatic N) is 5. The number of nitrogen functional groups attached to an aromatic ring is 1. The summed E-state index contributed by atoms with van der Waals surface area (Å²) in [6.45, 7) is 1.92. The van der Waals surface area contributed by atoms with Crippen LogP contribution in [0.2, 0.25) is 0 Å². The maximum absolute atomic E-state index is 12.9. The van der Waals surface area contributed by atoms with Crippen molar-refractivity contribution in [1.82, 2.24) is 24.6 Å². The molecule has 0 bridgehead atoms. The van der Waals surface area contributed by atoms with Crippen molar-refractivity contribution in [1.29, 1.82) is 0 Å². The number of carboxylic acid groups (broad SMARTS) is 1. The third-order valence-electron chi connectivity index (χ3n) is 5.24. The molecule has 2 aromatic heterocycles. The molecule has 0 spiro atoms. The van der Waals surface area contributed by atoms with Crippen LogP contribution in [0.3, 0.4) is 0 Å². The largest absolute Gasteiger partial charge is 0.477 e. The van der Waals surface area contributed by atoms with Crippen molar-refractivity contribution in [3.63, 3.8) is 0 Å². The van der Waals surface area contributed by atoms with Crippen LogP contribution >= 0.6 is 22.9 Å². The van der Waals surface area contributed by atoms with E-state index in [4.69, 9.17) is 10.6 Å². The molecule has 0 saturated carbocycles. The van der Waals surface area contributed by atoms with Gasteiger partial charge in [0, 0.05) is 16.4 Å². The van der Waals surface area contributed by atoms with Gasteiger partial charge in [0.05, 0.1) is 17.2 Å². The van der Waals surface area contributed by atoms with E-state index in [9.17, 15) is 19.5 Å². The van der Waals surface area contributed by atoms with Crippen LogP contribution in [0.4, 0.5) is 5.13 Å². The number of allylic oxidation sites excluding steroid dienone is 2. The van der Waals surface area contributed by atoms with Crippen LogP contribution in [0.25, 0.3) is 6.08 Å². The van der Waals surface area contributed by atoms with E-state index in [1.54, 1.807) is 17.7 Å². The molecule has 2 aliphatic heterocycles. The highest BCUT2D eigenvalue weighted by Gasteiger charge is 2.53. The Balaban J connectivity index is 1.54. The monoisotopic (exact) mass is 489 g/mol. The highest BCUT2D eigenvalue weighted by Crippen LogP contribution is 2.37. The minimum Gasteiger partial charge on any atom is -0.477 e. The number of aryl methyl sites for hydroxylation is 1. The van der Waals surface area contributed by atoms with Gasteiger partial charge in [-0.05, 0) is 31.4 Å². The first kappa shape index (κ1) is 22.5. The van der Waals surface area contributed by atoms with Crippen LogP contribution in [-0.2, 0) is 19.2 Å². The number of thiazole rings is 1. The van der Waals surface area contributed by atoms with Gasteiger partial charge in [0.2, 0.25) is 11.5 Å². The number of hydrogen-bond acceptors (Lipinski definition) is 11. The summed E-state index contributed by atoms with van der Waals surface area (Å²) in [6, 6.07) is -1.40. The van der Waals surface area contributed by atoms with Crippen LogP contribution in [-0.4, -0.2) is 67.0 Å². The van der Waals surface area contributed by atoms with Crippen LogP contribution in [0.1, 0.15) is 29.2 Å². The van der Waals surface area contributed by atoms with E-state index in [0.717, 1.165) is 22.1 Å². The van der Waals surface area contributed by atoms with Gasteiger partial charge in [0.15, 0.2) is 5.13 Å². The number of amides is 2. The predicted octanol–water partition coefficient (Wildman–Crippen LogP) is 0.777. The lowest BCUT2D eigenvalue weighted by Gasteiger charge is -2.50. The first-order chi connectivity index (χ1) is 15.8. The summed E-state index contributed by atoms with van der Waals surface area (Å²) in [4.78, 5) is 52.7. The second-order valence-corrected chi connectivity index (χ2v) is 8.99. The predicted molar refractivity (Wildman–Crippen MR) is 120 cm³/mol. The molecule has 4 heterocycles. The van der Waals surface area contributed by atoms with Gasteiger partial charge in [0.25, 0.3) is 11.8 Å². The smallest absolute Gasteiger partial charge is 0.352 e. The number of nitrogens with two attached hydrogens (primary N) is 1. The number of carboxylic acids is 1. The van der Waals surface area contributed by atoms with Gasteiger partial charge in [-0.1, -0.05) is 11.2 Å². The second kappa shape index (κ2) is 9.07. The third kappa shape index (κ3) is 4.21. The Morgan fingerprint density at radius 2 is 2.21 bits per heavy atom. The molecular weight excluding hydrogens is 470 g/mol. The van der Waals surface area contributed by atoms with Gasteiger partial charge in [-0.3, -0.25) is 14.5 Å². The minimum atomic E-state index is -1.21. The molecule has 2 amide bonds. The molecule has 2 atom stereocenters. The summed E-state index contributed by atoms with van der Waals surface area (Å²) in [5.74, 6) is -2.49. The van der Waals surface area contributed by atoms with Crippen molar-refractivity contribution in [3.8, 4) is 0 Å². The van der Waals surface area contributed by atoms with Crippen LogP contribution < -0.4 is 11.1 Å². The van der Waals surface area contributed by atoms with Crippen molar-refractivity contribution in [3.05, 3.63) is 39.3 Å². The fourth-order valence-corrected chi connectivity index (χ4v) is 4.72. The number of oxime groups is 1. The van der Waals surface area contributed by atoms with E-state index in [-0.39, 0.29) is 22.4 Å². The molecule has 1 saturated heterocycles. The lowest BCUT2D eigenvalue weighted by atomic mass is 9.83. The quantitative estimate of drug-likeness (QED) is 0.288. The van der Waals surface area contributed by atoms with E-state index >= 15 is 0 Å². The Bertz CT molecular complexity index is 1210. The van der Waals surface area contributed by atoms with E-state index in [2.05, 4.69) is 24.8 Å². The summed E-state index contributed by atoms with van der Waals surface area (Å²) in [5.41, 5.74) is 8.23. The molecule has 1 fully saturated rings. The number of aromatic nitrogens is 3. The fourth-order valence-electron chi connectivity index (χ4n) is 3.72. The second-order valence-electron chi connectivity index (χ2n) is 7.15. The number of fused-ring (bicyclic) bond motifs is 1. The Morgan fingerprint density at radius 1 is 1.42 bits per heavy atom. The summed E-state index contributed by atoms with van der Waals surface area (Å²) in [5, 5.41) is 16.2. The molecular formula is C19H19N7O5S2. The molecule has 0 unspecified atom stereocenters. The molecule has 12 nitrogen and oxygen atoms in total. The lowest BCUT2D eigenvalue weighted by Crippen LogP contribution is -2.72. The van der Waals surface area contributed by atoms with Gasteiger partial charge in [-0.15, -0.1) is 11.3 Å². The normalized spacial score (nSPS) is 20.6. The zero-order chi connectivity index (χ0) is 23.7. The number of β-lactam (4-membered cyclic amide) rings is 1. The van der Waals surface area contributed by atoms with Crippen molar-refractivity contribution in [2.45, 2.75) is 31.8 Å². The summed E-state index contributed by atoms with van der Waals surface area (Å²) >= 11 is 2.37. The molecule has 0 aliphatic carbocycles. The third-order valence-corrected chi connectivity index (χ3v) is 6.56. The minimum absolute atomic E-state index is 0.0278. The summed E-state index contributed by atoms with van der Waals surface area (Å²) < 4.78 is 3.94. The van der Waals surface area contributed by atoms with Gasteiger partial charge in [-0.2, -0.15) is 9.36 Å². The first-order valence-corrected chi connectivity index (χ1v) is 11.4. The number of carbonyl (C=O) groups is 3. The van der Waals surface area contributed by atoms with Gasteiger partial charge >= 0.3 is 5.97 Å². The number of anilines is 1. The topological polar surface area (TPSA) is 173 Å². The van der Waals surface area contributed by atoms with E-state index < -0.39 is 29.9 Å². The number of nitrogens with one attached hydrogen (secondary N) is 1. The van der Waals surface area contributed by atoms with Crippen molar-refractivity contribution in [2.24, 2.45) is 5.16 Å². The lowest BCUT2D eigenvalue weighted by molar-refractivity contribution is -0.155. The van der Waals surface area contributed by atoms with Gasteiger partial charge in [-0.25, -0.2) is 9.78 Å². The molecule has 172 valence electrons. The van der Waals surface area contributed by atoms with Crippen LogP contribution in [0.5, 0.6) is 0 Å². The Hall–Kier alpha value is -3.65. The SMILES string of the molecule is CO/N=C(/C(=O)N[C@@H]1C(=O)N2C(C(=O)O)=C(/C=C\c3ncsc3C)CC[C@H]12)c1nsc(N)n1. The molecule has 33 heavy (non-hydrogen) atoms. The zero-order valence-corrected chi connectivity index (χ0v) is 19.1. The van der Waals surface area contributed by atoms with E-state index in [1.807, 2.05) is 6.92 Å².